The fraction of sp³-hybridized carbons (Fsp3) is 0.474. The molecule has 0 amide bonds. The van der Waals surface area contributed by atoms with Crippen molar-refractivity contribution in [2.45, 2.75) is 57.4 Å². The first-order valence-electron chi connectivity index (χ1n) is 8.06. The van der Waals surface area contributed by atoms with Crippen LogP contribution in [0.1, 0.15) is 60.1 Å². The summed E-state index contributed by atoms with van der Waals surface area (Å²) in [6, 6.07) is 11.6. The fourth-order valence-electron chi connectivity index (χ4n) is 3.42. The zero-order chi connectivity index (χ0) is 14.8. The van der Waals surface area contributed by atoms with Gasteiger partial charge in [0.05, 0.1) is 0 Å². The maximum atomic E-state index is 6.56. The van der Waals surface area contributed by atoms with Crippen molar-refractivity contribution in [3.8, 4) is 0 Å². The van der Waals surface area contributed by atoms with Crippen LogP contribution in [0.4, 0.5) is 0 Å². The normalized spacial score (nSPS) is 19.5. The van der Waals surface area contributed by atoms with E-state index in [-0.39, 0.29) is 6.04 Å². The molecule has 0 radical (unpaired) electrons. The molecule has 21 heavy (non-hydrogen) atoms. The third-order valence-electron chi connectivity index (χ3n) is 4.73. The molecule has 2 aromatic rings. The van der Waals surface area contributed by atoms with Crippen LogP contribution >= 0.6 is 11.3 Å². The number of benzene rings is 1. The second-order valence-electron chi connectivity index (χ2n) is 6.56. The lowest BCUT2D eigenvalue weighted by Crippen LogP contribution is -2.32. The van der Waals surface area contributed by atoms with E-state index in [4.69, 9.17) is 5.73 Å². The van der Waals surface area contributed by atoms with Gasteiger partial charge in [-0.1, -0.05) is 38.1 Å². The van der Waals surface area contributed by atoms with Crippen LogP contribution in [0.25, 0.3) is 0 Å². The molecule has 1 aliphatic rings. The molecule has 1 aromatic carbocycles. The van der Waals surface area contributed by atoms with Crippen molar-refractivity contribution in [3.05, 3.63) is 57.3 Å². The van der Waals surface area contributed by atoms with Crippen molar-refractivity contribution in [2.24, 2.45) is 5.73 Å². The summed E-state index contributed by atoms with van der Waals surface area (Å²) in [5.74, 6) is 1.14. The Morgan fingerprint density at radius 2 is 1.95 bits per heavy atom. The molecule has 1 heterocycles. The van der Waals surface area contributed by atoms with E-state index in [0.717, 1.165) is 6.42 Å². The average molecular weight is 299 g/mol. The minimum absolute atomic E-state index is 0.239. The predicted octanol–water partition coefficient (Wildman–Crippen LogP) is 4.86. The van der Waals surface area contributed by atoms with Gasteiger partial charge in [0.1, 0.15) is 0 Å². The van der Waals surface area contributed by atoms with Gasteiger partial charge >= 0.3 is 0 Å². The maximum Gasteiger partial charge on any atom is 0.0149 e. The first-order valence-corrected chi connectivity index (χ1v) is 8.94. The van der Waals surface area contributed by atoms with Crippen molar-refractivity contribution in [2.75, 3.05) is 0 Å². The second kappa shape index (κ2) is 6.33. The van der Waals surface area contributed by atoms with Crippen LogP contribution in [0.15, 0.2) is 35.7 Å². The monoisotopic (exact) mass is 299 g/mol. The third-order valence-corrected chi connectivity index (χ3v) is 5.73. The highest BCUT2D eigenvalue weighted by Gasteiger charge is 2.26. The summed E-state index contributed by atoms with van der Waals surface area (Å²) in [5, 5.41) is 2.23. The topological polar surface area (TPSA) is 26.0 Å². The number of fused-ring (bicyclic) bond motifs is 1. The van der Waals surface area contributed by atoms with Crippen molar-refractivity contribution >= 4 is 11.3 Å². The van der Waals surface area contributed by atoms with E-state index in [1.807, 2.05) is 11.3 Å². The minimum Gasteiger partial charge on any atom is -0.327 e. The van der Waals surface area contributed by atoms with Crippen LogP contribution in [0.2, 0.25) is 0 Å². The highest BCUT2D eigenvalue weighted by atomic mass is 32.1. The summed E-state index contributed by atoms with van der Waals surface area (Å²) in [7, 11) is 0. The standard InChI is InChI=1S/C19H25NS/c1-13(2)15-8-6-14(7-9-15)12-18(20)16-4-3-5-19-17(16)10-11-21-19/h6-11,13,16,18H,3-5,12,20H2,1-2H3. The summed E-state index contributed by atoms with van der Waals surface area (Å²) < 4.78 is 0. The van der Waals surface area contributed by atoms with Crippen molar-refractivity contribution in [3.63, 3.8) is 0 Å². The molecule has 0 saturated carbocycles. The number of nitrogens with two attached hydrogens (primary N) is 1. The summed E-state index contributed by atoms with van der Waals surface area (Å²) in [6.07, 6.45) is 4.77. The number of thiophene rings is 1. The number of rotatable bonds is 4. The van der Waals surface area contributed by atoms with Gasteiger partial charge in [-0.2, -0.15) is 0 Å². The van der Waals surface area contributed by atoms with Crippen molar-refractivity contribution in [1.82, 2.24) is 0 Å². The van der Waals surface area contributed by atoms with E-state index in [1.54, 1.807) is 4.88 Å². The largest absolute Gasteiger partial charge is 0.327 e. The molecule has 2 heteroatoms. The maximum absolute atomic E-state index is 6.56. The lowest BCUT2D eigenvalue weighted by Gasteiger charge is -2.28. The van der Waals surface area contributed by atoms with Crippen LogP contribution in [0, 0.1) is 0 Å². The first kappa shape index (κ1) is 14.8. The average Bonchev–Trinajstić information content (AvgIpc) is 2.96. The molecule has 112 valence electrons. The van der Waals surface area contributed by atoms with Crippen molar-refractivity contribution < 1.29 is 0 Å². The lowest BCUT2D eigenvalue weighted by molar-refractivity contribution is 0.464. The van der Waals surface area contributed by atoms with Gasteiger partial charge in [-0.3, -0.25) is 0 Å². The smallest absolute Gasteiger partial charge is 0.0149 e. The summed E-state index contributed by atoms with van der Waals surface area (Å²) in [4.78, 5) is 1.57. The first-order chi connectivity index (χ1) is 10.1. The zero-order valence-electron chi connectivity index (χ0n) is 13.0. The summed E-state index contributed by atoms with van der Waals surface area (Å²) >= 11 is 1.90. The van der Waals surface area contributed by atoms with Crippen molar-refractivity contribution in [1.29, 1.82) is 0 Å². The molecule has 0 aliphatic heterocycles. The molecule has 2 atom stereocenters. The highest BCUT2D eigenvalue weighted by Crippen LogP contribution is 2.37. The Hall–Kier alpha value is -1.12. The molecule has 2 N–H and O–H groups in total. The van der Waals surface area contributed by atoms with Crippen LogP contribution in [0.5, 0.6) is 0 Å². The van der Waals surface area contributed by atoms with E-state index in [1.165, 1.54) is 36.0 Å². The van der Waals surface area contributed by atoms with E-state index < -0.39 is 0 Å². The molecule has 1 aromatic heterocycles. The zero-order valence-corrected chi connectivity index (χ0v) is 13.8. The fourth-order valence-corrected chi connectivity index (χ4v) is 4.42. The minimum atomic E-state index is 0.239. The van der Waals surface area contributed by atoms with Gasteiger partial charge in [-0.15, -0.1) is 11.3 Å². The lowest BCUT2D eigenvalue weighted by atomic mass is 9.80. The van der Waals surface area contributed by atoms with Gasteiger partial charge in [-0.25, -0.2) is 0 Å². The highest BCUT2D eigenvalue weighted by molar-refractivity contribution is 7.10. The molecule has 0 bridgehead atoms. The predicted molar refractivity (Wildman–Crippen MR) is 92.2 cm³/mol. The van der Waals surface area contributed by atoms with Gasteiger partial charge in [0.25, 0.3) is 0 Å². The molecular formula is C19H25NS. The van der Waals surface area contributed by atoms with E-state index in [9.17, 15) is 0 Å². The summed E-state index contributed by atoms with van der Waals surface area (Å²) in [6.45, 7) is 4.47. The number of aryl methyl sites for hydroxylation is 1. The Balaban J connectivity index is 1.71. The molecule has 2 unspecified atom stereocenters. The van der Waals surface area contributed by atoms with Gasteiger partial charge in [-0.05, 0) is 59.7 Å². The Bertz CT molecular complexity index is 582. The Kier molecular flexibility index (Phi) is 4.46. The van der Waals surface area contributed by atoms with Gasteiger partial charge in [0, 0.05) is 16.8 Å². The van der Waals surface area contributed by atoms with E-state index in [2.05, 4.69) is 49.6 Å². The number of hydrogen-bond donors (Lipinski definition) is 1. The van der Waals surface area contributed by atoms with E-state index >= 15 is 0 Å². The Labute approximate surface area is 132 Å². The summed E-state index contributed by atoms with van der Waals surface area (Å²) in [5.41, 5.74) is 10.9. The van der Waals surface area contributed by atoms with Crippen LogP contribution in [-0.4, -0.2) is 6.04 Å². The molecule has 1 aliphatic carbocycles. The molecule has 0 saturated heterocycles. The van der Waals surface area contributed by atoms with Gasteiger partial charge in [0.2, 0.25) is 0 Å². The molecular weight excluding hydrogens is 274 g/mol. The second-order valence-corrected chi connectivity index (χ2v) is 7.56. The van der Waals surface area contributed by atoms with Crippen LogP contribution in [0.3, 0.4) is 0 Å². The third kappa shape index (κ3) is 3.22. The van der Waals surface area contributed by atoms with Gasteiger partial charge in [0.15, 0.2) is 0 Å². The SMILES string of the molecule is CC(C)c1ccc(CC(N)C2CCCc3sccc32)cc1. The molecule has 3 rings (SSSR count). The number of hydrogen-bond acceptors (Lipinski definition) is 2. The Morgan fingerprint density at radius 3 is 2.67 bits per heavy atom. The quantitative estimate of drug-likeness (QED) is 0.857. The van der Waals surface area contributed by atoms with Gasteiger partial charge < -0.3 is 5.73 Å². The van der Waals surface area contributed by atoms with E-state index in [0.29, 0.717) is 11.8 Å². The van der Waals surface area contributed by atoms with Crippen LogP contribution < -0.4 is 5.73 Å². The Morgan fingerprint density at radius 1 is 1.19 bits per heavy atom. The van der Waals surface area contributed by atoms with Crippen LogP contribution in [-0.2, 0) is 12.8 Å². The molecule has 1 nitrogen and oxygen atoms in total. The molecule has 0 fully saturated rings. The molecule has 0 spiro atoms.